The Morgan fingerprint density at radius 3 is 3.00 bits per heavy atom. The van der Waals surface area contributed by atoms with E-state index in [0.29, 0.717) is 0 Å². The molecular weight excluding hydrogens is 238 g/mol. The lowest BCUT2D eigenvalue weighted by Gasteiger charge is -2.04. The van der Waals surface area contributed by atoms with Crippen LogP contribution in [0.1, 0.15) is 16.7 Å². The third-order valence-corrected chi connectivity index (χ3v) is 2.92. The van der Waals surface area contributed by atoms with Crippen molar-refractivity contribution < 1.29 is 4.74 Å². The smallest absolute Gasteiger partial charge is 0.0587 e. The van der Waals surface area contributed by atoms with E-state index in [2.05, 4.69) is 46.3 Å². The minimum absolute atomic E-state index is 0.746. The summed E-state index contributed by atoms with van der Waals surface area (Å²) in [6, 6.07) is 4.31. The summed E-state index contributed by atoms with van der Waals surface area (Å²) < 4.78 is 7.18. The van der Waals surface area contributed by atoms with Gasteiger partial charge >= 0.3 is 0 Å². The van der Waals surface area contributed by atoms with Gasteiger partial charge in [0.1, 0.15) is 0 Å². The minimum atomic E-state index is 0.746. The van der Waals surface area contributed by atoms with Gasteiger partial charge in [-0.1, -0.05) is 6.07 Å². The third kappa shape index (κ3) is 4.50. The Balaban J connectivity index is 1.87. The zero-order chi connectivity index (χ0) is 13.5. The van der Waals surface area contributed by atoms with E-state index in [0.717, 1.165) is 26.2 Å². The SMILES string of the molecule is COCCNCc1ccn(Cc2cncc(C)c2)c1. The van der Waals surface area contributed by atoms with E-state index in [1.807, 2.05) is 12.4 Å². The van der Waals surface area contributed by atoms with Gasteiger partial charge in [0.05, 0.1) is 6.61 Å². The largest absolute Gasteiger partial charge is 0.383 e. The number of methoxy groups -OCH3 is 1. The van der Waals surface area contributed by atoms with E-state index in [1.54, 1.807) is 7.11 Å². The highest BCUT2D eigenvalue weighted by Crippen LogP contribution is 2.07. The van der Waals surface area contributed by atoms with Crippen molar-refractivity contribution in [3.63, 3.8) is 0 Å². The molecule has 0 aliphatic rings. The third-order valence-electron chi connectivity index (χ3n) is 2.92. The average Bonchev–Trinajstić information content (AvgIpc) is 2.82. The summed E-state index contributed by atoms with van der Waals surface area (Å²) in [5, 5.41) is 3.34. The predicted octanol–water partition coefficient (Wildman–Crippen LogP) is 1.98. The lowest BCUT2D eigenvalue weighted by Crippen LogP contribution is -2.18. The van der Waals surface area contributed by atoms with Gasteiger partial charge in [0.25, 0.3) is 0 Å². The van der Waals surface area contributed by atoms with Crippen molar-refractivity contribution in [2.45, 2.75) is 20.0 Å². The molecule has 0 saturated carbocycles. The topological polar surface area (TPSA) is 39.1 Å². The van der Waals surface area contributed by atoms with Gasteiger partial charge < -0.3 is 14.6 Å². The van der Waals surface area contributed by atoms with Crippen molar-refractivity contribution in [2.24, 2.45) is 0 Å². The van der Waals surface area contributed by atoms with Crippen molar-refractivity contribution in [2.75, 3.05) is 20.3 Å². The van der Waals surface area contributed by atoms with Crippen molar-refractivity contribution in [1.29, 1.82) is 0 Å². The van der Waals surface area contributed by atoms with Gasteiger partial charge in [-0.2, -0.15) is 0 Å². The fraction of sp³-hybridized carbons (Fsp3) is 0.400. The number of ether oxygens (including phenoxy) is 1. The van der Waals surface area contributed by atoms with Crippen LogP contribution in [0.4, 0.5) is 0 Å². The number of aryl methyl sites for hydroxylation is 1. The second-order valence-electron chi connectivity index (χ2n) is 4.73. The maximum Gasteiger partial charge on any atom is 0.0587 e. The van der Waals surface area contributed by atoms with E-state index in [9.17, 15) is 0 Å². The van der Waals surface area contributed by atoms with Crippen molar-refractivity contribution in [1.82, 2.24) is 14.9 Å². The molecule has 0 aliphatic heterocycles. The summed E-state index contributed by atoms with van der Waals surface area (Å²) in [6.07, 6.45) is 8.08. The Morgan fingerprint density at radius 1 is 1.32 bits per heavy atom. The molecule has 19 heavy (non-hydrogen) atoms. The van der Waals surface area contributed by atoms with Crippen LogP contribution in [-0.4, -0.2) is 29.8 Å². The molecule has 0 unspecified atom stereocenters. The lowest BCUT2D eigenvalue weighted by molar-refractivity contribution is 0.199. The zero-order valence-corrected chi connectivity index (χ0v) is 11.6. The first-order valence-electron chi connectivity index (χ1n) is 6.53. The van der Waals surface area contributed by atoms with E-state index in [1.165, 1.54) is 16.7 Å². The second kappa shape index (κ2) is 7.07. The first-order valence-corrected chi connectivity index (χ1v) is 6.53. The lowest BCUT2D eigenvalue weighted by atomic mass is 10.2. The van der Waals surface area contributed by atoms with Crippen LogP contribution in [0.5, 0.6) is 0 Å². The number of nitrogens with zero attached hydrogens (tertiary/aromatic N) is 2. The van der Waals surface area contributed by atoms with E-state index < -0.39 is 0 Å². The van der Waals surface area contributed by atoms with Crippen LogP contribution in [0.15, 0.2) is 36.9 Å². The van der Waals surface area contributed by atoms with Crippen LogP contribution in [0.3, 0.4) is 0 Å². The summed E-state index contributed by atoms with van der Waals surface area (Å²) in [6.45, 7) is 5.44. The average molecular weight is 259 g/mol. The van der Waals surface area contributed by atoms with Crippen molar-refractivity contribution in [3.8, 4) is 0 Å². The summed E-state index contributed by atoms with van der Waals surface area (Å²) >= 11 is 0. The van der Waals surface area contributed by atoms with Gasteiger partial charge in [0, 0.05) is 51.5 Å². The highest BCUT2D eigenvalue weighted by molar-refractivity contribution is 5.18. The highest BCUT2D eigenvalue weighted by atomic mass is 16.5. The minimum Gasteiger partial charge on any atom is -0.383 e. The molecule has 2 heterocycles. The second-order valence-corrected chi connectivity index (χ2v) is 4.73. The molecular formula is C15H21N3O. The zero-order valence-electron chi connectivity index (χ0n) is 11.6. The van der Waals surface area contributed by atoms with Crippen LogP contribution in [-0.2, 0) is 17.8 Å². The van der Waals surface area contributed by atoms with Gasteiger partial charge in [-0.05, 0) is 29.7 Å². The molecule has 2 rings (SSSR count). The quantitative estimate of drug-likeness (QED) is 0.773. The molecule has 2 aromatic rings. The number of aromatic nitrogens is 2. The Morgan fingerprint density at radius 2 is 2.21 bits per heavy atom. The van der Waals surface area contributed by atoms with Gasteiger partial charge in [0.15, 0.2) is 0 Å². The molecule has 4 heteroatoms. The van der Waals surface area contributed by atoms with Crippen molar-refractivity contribution in [3.05, 3.63) is 53.6 Å². The number of nitrogens with one attached hydrogen (secondary N) is 1. The van der Waals surface area contributed by atoms with Gasteiger partial charge in [0.2, 0.25) is 0 Å². The molecule has 4 nitrogen and oxygen atoms in total. The summed E-state index contributed by atoms with van der Waals surface area (Å²) in [5.41, 5.74) is 3.72. The number of hydrogen-bond acceptors (Lipinski definition) is 3. The molecule has 0 saturated heterocycles. The van der Waals surface area contributed by atoms with E-state index in [4.69, 9.17) is 4.74 Å². The molecule has 0 fully saturated rings. The summed E-state index contributed by atoms with van der Waals surface area (Å²) in [7, 11) is 1.72. The maximum absolute atomic E-state index is 5.00. The van der Waals surface area contributed by atoms with Gasteiger partial charge in [-0.3, -0.25) is 4.98 Å². The number of rotatable bonds is 7. The molecule has 0 amide bonds. The summed E-state index contributed by atoms with van der Waals surface area (Å²) in [4.78, 5) is 4.22. The molecule has 102 valence electrons. The molecule has 0 radical (unpaired) electrons. The molecule has 0 aliphatic carbocycles. The number of hydrogen-bond donors (Lipinski definition) is 1. The van der Waals surface area contributed by atoms with Crippen molar-refractivity contribution >= 4 is 0 Å². The molecule has 0 aromatic carbocycles. The highest BCUT2D eigenvalue weighted by Gasteiger charge is 1.99. The van der Waals surface area contributed by atoms with Crippen LogP contribution >= 0.6 is 0 Å². The Hall–Kier alpha value is -1.65. The molecule has 0 spiro atoms. The number of pyridine rings is 1. The van der Waals surface area contributed by atoms with Crippen LogP contribution in [0.25, 0.3) is 0 Å². The monoisotopic (exact) mass is 259 g/mol. The van der Waals surface area contributed by atoms with Crippen LogP contribution in [0.2, 0.25) is 0 Å². The Kier molecular flexibility index (Phi) is 5.12. The summed E-state index contributed by atoms with van der Waals surface area (Å²) in [5.74, 6) is 0. The standard InChI is InChI=1S/C15H21N3O/c1-13-7-15(10-17-8-13)12-18-5-3-14(11-18)9-16-4-6-19-2/h3,5,7-8,10-11,16H,4,6,9,12H2,1-2H3. The predicted molar refractivity (Wildman–Crippen MR) is 76.1 cm³/mol. The Labute approximate surface area is 114 Å². The van der Waals surface area contributed by atoms with E-state index in [-0.39, 0.29) is 0 Å². The van der Waals surface area contributed by atoms with E-state index >= 15 is 0 Å². The normalized spacial score (nSPS) is 10.8. The fourth-order valence-electron chi connectivity index (χ4n) is 2.02. The van der Waals surface area contributed by atoms with Crippen LogP contribution < -0.4 is 5.32 Å². The molecule has 0 atom stereocenters. The fourth-order valence-corrected chi connectivity index (χ4v) is 2.02. The Bertz CT molecular complexity index is 508. The van der Waals surface area contributed by atoms with Gasteiger partial charge in [-0.25, -0.2) is 0 Å². The first kappa shape index (κ1) is 13.8. The van der Waals surface area contributed by atoms with Gasteiger partial charge in [-0.15, -0.1) is 0 Å². The molecule has 0 bridgehead atoms. The first-order chi connectivity index (χ1) is 9.28. The maximum atomic E-state index is 5.00. The molecule has 1 N–H and O–H groups in total. The molecule has 2 aromatic heterocycles. The van der Waals surface area contributed by atoms with Crippen LogP contribution in [0, 0.1) is 6.92 Å².